The van der Waals surface area contributed by atoms with Crippen LogP contribution in [0.4, 0.5) is 0 Å². The van der Waals surface area contributed by atoms with E-state index < -0.39 is 0 Å². The van der Waals surface area contributed by atoms with Gasteiger partial charge in [0.2, 0.25) is 0 Å². The summed E-state index contributed by atoms with van der Waals surface area (Å²) in [5.74, 6) is 6.33. The lowest BCUT2D eigenvalue weighted by Gasteiger charge is -2.19. The fraction of sp³-hybridized carbons (Fsp3) is 1.00. The molecule has 2 aliphatic rings. The lowest BCUT2D eigenvalue weighted by Crippen LogP contribution is -2.11. The van der Waals surface area contributed by atoms with E-state index in [0.717, 1.165) is 35.5 Å². The zero-order valence-electron chi connectivity index (χ0n) is 10.3. The molecule has 5 unspecified atom stereocenters. The van der Waals surface area contributed by atoms with Crippen LogP contribution in [0.5, 0.6) is 0 Å². The molecule has 2 fully saturated rings. The van der Waals surface area contributed by atoms with Crippen molar-refractivity contribution < 1.29 is 0 Å². The molecule has 0 nitrogen and oxygen atoms in total. The van der Waals surface area contributed by atoms with Gasteiger partial charge in [-0.25, -0.2) is 0 Å². The van der Waals surface area contributed by atoms with Crippen molar-refractivity contribution in [3.8, 4) is 0 Å². The van der Waals surface area contributed by atoms with Crippen LogP contribution >= 0.6 is 0 Å². The Morgan fingerprint density at radius 2 is 1.86 bits per heavy atom. The van der Waals surface area contributed by atoms with Crippen LogP contribution in [0.1, 0.15) is 53.4 Å². The van der Waals surface area contributed by atoms with E-state index in [1.54, 1.807) is 12.8 Å². The van der Waals surface area contributed by atoms with Gasteiger partial charge in [-0.05, 0) is 48.3 Å². The van der Waals surface area contributed by atoms with Crippen molar-refractivity contribution in [2.45, 2.75) is 53.4 Å². The molecule has 2 saturated carbocycles. The quantitative estimate of drug-likeness (QED) is 0.626. The Labute approximate surface area is 89.5 Å². The zero-order valence-corrected chi connectivity index (χ0v) is 10.3. The minimum absolute atomic E-state index is 0.908. The number of hydrogen-bond acceptors (Lipinski definition) is 0. The minimum atomic E-state index is 0.908. The molecule has 0 N–H and O–H groups in total. The number of hydrogen-bond donors (Lipinski definition) is 0. The molecule has 2 aliphatic carbocycles. The maximum absolute atomic E-state index is 2.45. The van der Waals surface area contributed by atoms with Gasteiger partial charge in [-0.15, -0.1) is 0 Å². The second-order valence-electron chi connectivity index (χ2n) is 6.14. The fourth-order valence-electron chi connectivity index (χ4n) is 4.10. The van der Waals surface area contributed by atoms with Gasteiger partial charge in [-0.3, -0.25) is 0 Å². The maximum atomic E-state index is 2.45. The average molecular weight is 194 g/mol. The Morgan fingerprint density at radius 1 is 1.14 bits per heavy atom. The average Bonchev–Trinajstić information content (AvgIpc) is 2.79. The predicted octanol–water partition coefficient (Wildman–Crippen LogP) is 4.35. The molecule has 0 heterocycles. The van der Waals surface area contributed by atoms with Gasteiger partial charge in [0, 0.05) is 0 Å². The molecule has 5 atom stereocenters. The number of rotatable bonds is 3. The molecular formula is C14H26. The first kappa shape index (κ1) is 10.5. The molecular weight excluding hydrogens is 168 g/mol. The molecule has 0 amide bonds. The van der Waals surface area contributed by atoms with Crippen molar-refractivity contribution in [1.82, 2.24) is 0 Å². The van der Waals surface area contributed by atoms with Crippen molar-refractivity contribution in [3.63, 3.8) is 0 Å². The molecule has 0 saturated heterocycles. The molecule has 14 heavy (non-hydrogen) atoms. The Bertz CT molecular complexity index is 194. The summed E-state index contributed by atoms with van der Waals surface area (Å²) in [6.45, 7) is 9.67. The van der Waals surface area contributed by atoms with Crippen LogP contribution in [0.25, 0.3) is 0 Å². The third-order valence-electron chi connectivity index (χ3n) is 4.89. The van der Waals surface area contributed by atoms with E-state index in [1.807, 2.05) is 0 Å². The summed E-state index contributed by atoms with van der Waals surface area (Å²) in [5, 5.41) is 0. The van der Waals surface area contributed by atoms with Crippen LogP contribution in [-0.4, -0.2) is 0 Å². The highest BCUT2D eigenvalue weighted by atomic mass is 14.6. The summed E-state index contributed by atoms with van der Waals surface area (Å²) in [5.41, 5.74) is 0. The molecule has 0 radical (unpaired) electrons. The largest absolute Gasteiger partial charge is 0.0651 e. The van der Waals surface area contributed by atoms with Crippen molar-refractivity contribution in [2.75, 3.05) is 0 Å². The van der Waals surface area contributed by atoms with Crippen LogP contribution in [0.15, 0.2) is 0 Å². The first-order valence-electron chi connectivity index (χ1n) is 6.65. The Kier molecular flexibility index (Phi) is 2.91. The molecule has 0 aromatic heterocycles. The van der Waals surface area contributed by atoms with Gasteiger partial charge in [0.25, 0.3) is 0 Å². The summed E-state index contributed by atoms with van der Waals surface area (Å²) in [4.78, 5) is 0. The van der Waals surface area contributed by atoms with Crippen molar-refractivity contribution in [3.05, 3.63) is 0 Å². The Morgan fingerprint density at radius 3 is 2.36 bits per heavy atom. The van der Waals surface area contributed by atoms with Crippen molar-refractivity contribution in [2.24, 2.45) is 35.5 Å². The monoisotopic (exact) mass is 194 g/mol. The van der Waals surface area contributed by atoms with Gasteiger partial charge in [0.15, 0.2) is 0 Å². The summed E-state index contributed by atoms with van der Waals surface area (Å²) in [6.07, 6.45) is 5.99. The first-order valence-corrected chi connectivity index (χ1v) is 6.65. The third-order valence-corrected chi connectivity index (χ3v) is 4.89. The van der Waals surface area contributed by atoms with Gasteiger partial charge >= 0.3 is 0 Å². The van der Waals surface area contributed by atoms with Gasteiger partial charge < -0.3 is 0 Å². The normalized spacial score (nSPS) is 43.5. The van der Waals surface area contributed by atoms with E-state index in [1.165, 1.54) is 12.8 Å². The topological polar surface area (TPSA) is 0 Å². The molecule has 0 aliphatic heterocycles. The molecule has 0 bridgehead atoms. The standard InChI is InChI=1S/C14H26/c1-5-11(9(2)3)14-12-7-6-10(4)8-13(12)14/h9-14H,5-8H2,1-4H3. The highest BCUT2D eigenvalue weighted by molar-refractivity contribution is 5.03. The van der Waals surface area contributed by atoms with E-state index in [9.17, 15) is 0 Å². The lowest BCUT2D eigenvalue weighted by atomic mass is 9.87. The lowest BCUT2D eigenvalue weighted by molar-refractivity contribution is 0.304. The third kappa shape index (κ3) is 1.73. The Hall–Kier alpha value is 0. The van der Waals surface area contributed by atoms with Crippen LogP contribution in [0, 0.1) is 35.5 Å². The molecule has 0 aromatic rings. The maximum Gasteiger partial charge on any atom is -0.0321 e. The molecule has 2 rings (SSSR count). The summed E-state index contributed by atoms with van der Waals surface area (Å²) in [7, 11) is 0. The molecule has 82 valence electrons. The van der Waals surface area contributed by atoms with Crippen LogP contribution in [-0.2, 0) is 0 Å². The Balaban J connectivity index is 1.95. The SMILES string of the molecule is CCC(C(C)C)C1C2CCC(C)CC21. The van der Waals surface area contributed by atoms with Crippen LogP contribution in [0.2, 0.25) is 0 Å². The molecule has 0 spiro atoms. The van der Waals surface area contributed by atoms with E-state index >= 15 is 0 Å². The van der Waals surface area contributed by atoms with Gasteiger partial charge in [-0.2, -0.15) is 0 Å². The first-order chi connectivity index (χ1) is 6.65. The zero-order chi connectivity index (χ0) is 10.3. The van der Waals surface area contributed by atoms with Gasteiger partial charge in [0.05, 0.1) is 0 Å². The van der Waals surface area contributed by atoms with Gasteiger partial charge in [-0.1, -0.05) is 40.5 Å². The highest BCUT2D eigenvalue weighted by Gasteiger charge is 2.54. The van der Waals surface area contributed by atoms with Crippen molar-refractivity contribution >= 4 is 0 Å². The minimum Gasteiger partial charge on any atom is -0.0651 e. The summed E-state index contributed by atoms with van der Waals surface area (Å²) in [6, 6.07) is 0. The van der Waals surface area contributed by atoms with Crippen LogP contribution in [0.3, 0.4) is 0 Å². The second-order valence-corrected chi connectivity index (χ2v) is 6.14. The predicted molar refractivity (Wildman–Crippen MR) is 62.1 cm³/mol. The van der Waals surface area contributed by atoms with E-state index in [-0.39, 0.29) is 0 Å². The van der Waals surface area contributed by atoms with Gasteiger partial charge in [0.1, 0.15) is 0 Å². The van der Waals surface area contributed by atoms with Crippen LogP contribution < -0.4 is 0 Å². The van der Waals surface area contributed by atoms with Crippen molar-refractivity contribution in [1.29, 1.82) is 0 Å². The van der Waals surface area contributed by atoms with E-state index in [2.05, 4.69) is 27.7 Å². The summed E-state index contributed by atoms with van der Waals surface area (Å²) >= 11 is 0. The fourth-order valence-corrected chi connectivity index (χ4v) is 4.10. The second kappa shape index (κ2) is 3.87. The molecule has 0 aromatic carbocycles. The smallest absolute Gasteiger partial charge is 0.0321 e. The highest BCUT2D eigenvalue weighted by Crippen LogP contribution is 2.61. The number of fused-ring (bicyclic) bond motifs is 1. The van der Waals surface area contributed by atoms with E-state index in [4.69, 9.17) is 0 Å². The van der Waals surface area contributed by atoms with E-state index in [0.29, 0.717) is 0 Å². The summed E-state index contributed by atoms with van der Waals surface area (Å²) < 4.78 is 0. The molecule has 0 heteroatoms.